The van der Waals surface area contributed by atoms with E-state index in [1.165, 1.54) is 121 Å². The number of fused-ring (bicyclic) bond motifs is 2. The maximum absolute atomic E-state index is 11.5. The summed E-state index contributed by atoms with van der Waals surface area (Å²) < 4.78 is 11.1. The van der Waals surface area contributed by atoms with E-state index in [1.54, 1.807) is 12.1 Å². The van der Waals surface area contributed by atoms with Gasteiger partial charge in [-0.25, -0.2) is 30.1 Å². The number of ether oxygens (including phenoxy) is 2. The summed E-state index contributed by atoms with van der Waals surface area (Å²) in [7, 11) is 0. The Labute approximate surface area is 431 Å². The van der Waals surface area contributed by atoms with E-state index in [0.717, 1.165) is 10.1 Å². The minimum atomic E-state index is -1.33. The number of aromatic carboxylic acids is 2. The number of carboxylic acids is 2. The van der Waals surface area contributed by atoms with Crippen molar-refractivity contribution in [3.63, 3.8) is 0 Å². The van der Waals surface area contributed by atoms with Gasteiger partial charge in [-0.3, -0.25) is 30.6 Å². The first-order chi connectivity index (χ1) is 27.8. The molecule has 2 atom stereocenters. The average Bonchev–Trinajstić information content (AvgIpc) is 3.86. The topological polar surface area (TPSA) is 281 Å². The van der Waals surface area contributed by atoms with E-state index in [1.807, 2.05) is 0 Å². The van der Waals surface area contributed by atoms with Crippen molar-refractivity contribution in [3.05, 3.63) is 151 Å². The van der Waals surface area contributed by atoms with Crippen LogP contribution in [0, 0.1) is 20.2 Å². The summed E-state index contributed by atoms with van der Waals surface area (Å²) in [5.74, 6) is -2.20. The largest absolute Gasteiger partial charge is 1.00 e. The molecule has 4 aliphatic heterocycles. The van der Waals surface area contributed by atoms with E-state index in [9.17, 15) is 50.4 Å². The van der Waals surface area contributed by atoms with Gasteiger partial charge in [0.25, 0.3) is 0 Å². The van der Waals surface area contributed by atoms with Gasteiger partial charge in [0.1, 0.15) is 34.3 Å². The molecule has 4 heterocycles. The number of rotatable bonds is 10. The summed E-state index contributed by atoms with van der Waals surface area (Å²) in [5, 5.41) is 66.3. The Bertz CT molecular complexity index is 2380. The van der Waals surface area contributed by atoms with Crippen LogP contribution >= 0.6 is 23.5 Å². The number of nitro groups is 2. The Kier molecular flexibility index (Phi) is 16.1. The van der Waals surface area contributed by atoms with Crippen LogP contribution in [0.1, 0.15) is 31.8 Å². The summed E-state index contributed by atoms with van der Waals surface area (Å²) in [5.41, 5.74) is 1.42. The Morgan fingerprint density at radius 2 is 0.983 bits per heavy atom. The zero-order chi connectivity index (χ0) is 41.1. The van der Waals surface area contributed by atoms with Crippen molar-refractivity contribution in [1.29, 1.82) is 0 Å². The first kappa shape index (κ1) is 46.9. The molecule has 4 aromatic rings. The second-order valence-electron chi connectivity index (χ2n) is 11.9. The molecule has 60 heavy (non-hydrogen) atoms. The van der Waals surface area contributed by atoms with Crippen molar-refractivity contribution in [3.8, 4) is 23.0 Å². The minimum absolute atomic E-state index is 0. The van der Waals surface area contributed by atoms with Crippen LogP contribution in [-0.2, 0) is 0 Å². The van der Waals surface area contributed by atoms with Gasteiger partial charge in [0, 0.05) is 23.3 Å². The predicted octanol–water partition coefficient (Wildman–Crippen LogP) is -1.70. The first-order valence-corrected chi connectivity index (χ1v) is 18.1. The molecule has 8 rings (SSSR count). The third-order valence-corrected chi connectivity index (χ3v) is 10.6. The molecule has 0 amide bonds. The third kappa shape index (κ3) is 10.8. The van der Waals surface area contributed by atoms with E-state index < -0.39 is 32.5 Å². The fourth-order valence-corrected chi connectivity index (χ4v) is 7.43. The second-order valence-corrected chi connectivity index (χ2v) is 14.0. The smallest absolute Gasteiger partial charge is 0.545 e. The molecule has 0 saturated heterocycles. The fourth-order valence-electron chi connectivity index (χ4n) is 5.37. The molecule has 0 fully saturated rings. The summed E-state index contributed by atoms with van der Waals surface area (Å²) in [4.78, 5) is 60.0. The number of aliphatic imine (C=N–C) groups is 4. The zero-order valence-corrected chi connectivity index (χ0v) is 38.8. The van der Waals surface area contributed by atoms with Crippen LogP contribution in [0.2, 0.25) is 0 Å². The normalized spacial score (nSPS) is 16.8. The predicted molar refractivity (Wildman–Crippen MR) is 204 cm³/mol. The van der Waals surface area contributed by atoms with Crippen molar-refractivity contribution < 1.29 is 152 Å². The number of hydroxylamine groups is 4. The maximum atomic E-state index is 11.5. The van der Waals surface area contributed by atoms with Crippen molar-refractivity contribution in [1.82, 2.24) is 10.1 Å². The average molecular weight is 901 g/mol. The number of nitro benzene ring substituents is 2. The quantitative estimate of drug-likeness (QED) is 0.102. The molecule has 0 radical (unpaired) electrons. The summed E-state index contributed by atoms with van der Waals surface area (Å²) >= 11 is 2.46. The minimum Gasteiger partial charge on any atom is -0.545 e. The molecule has 4 aromatic carbocycles. The van der Waals surface area contributed by atoms with Crippen molar-refractivity contribution in [2.75, 3.05) is 0 Å². The Morgan fingerprint density at radius 1 is 0.617 bits per heavy atom. The van der Waals surface area contributed by atoms with Crippen molar-refractivity contribution >= 4 is 69.6 Å². The number of hydrogen-bond acceptors (Lipinski definition) is 20. The van der Waals surface area contributed by atoms with Gasteiger partial charge in [0.05, 0.1) is 45.6 Å². The molecule has 2 unspecified atom stereocenters. The molecular formula is C36H22K2N8O12S2. The number of thioether (sulfide) groups is 2. The monoisotopic (exact) mass is 900 g/mol. The van der Waals surface area contributed by atoms with Crippen LogP contribution in [0.4, 0.5) is 11.4 Å². The van der Waals surface area contributed by atoms with Gasteiger partial charge in [0.15, 0.2) is 10.7 Å². The molecule has 0 saturated carbocycles. The SMILES string of the molecule is O=C([O-])c1ccc(Oc2ccc(C3=NC4=CN=CN(O)C4S3)cc2[N+](=O)[O-])cc1.O=C([O-])c1ccc(Oc2ccc(C3=NC4=CN=CN(O)C4S3)cc2[N+](=O)[O-])cc1.[K+].[K+]. The molecule has 0 bridgehead atoms. The van der Waals surface area contributed by atoms with Gasteiger partial charge < -0.3 is 29.3 Å². The van der Waals surface area contributed by atoms with Gasteiger partial charge in [-0.15, -0.1) is 0 Å². The summed E-state index contributed by atoms with van der Waals surface area (Å²) in [6, 6.07) is 19.4. The maximum Gasteiger partial charge on any atom is 1.00 e. The molecule has 0 spiro atoms. The number of carbonyl (C=O) groups is 2. The molecular weight excluding hydrogens is 879 g/mol. The second kappa shape index (κ2) is 20.6. The Morgan fingerprint density at radius 3 is 1.30 bits per heavy atom. The van der Waals surface area contributed by atoms with Crippen LogP contribution in [0.5, 0.6) is 23.0 Å². The van der Waals surface area contributed by atoms with E-state index >= 15 is 0 Å². The van der Waals surface area contributed by atoms with Gasteiger partial charge in [0.2, 0.25) is 11.5 Å². The van der Waals surface area contributed by atoms with Crippen molar-refractivity contribution in [2.24, 2.45) is 20.0 Å². The Balaban J connectivity index is 0.000000220. The van der Waals surface area contributed by atoms with Crippen LogP contribution in [-0.4, -0.2) is 75.8 Å². The van der Waals surface area contributed by atoms with E-state index in [0.29, 0.717) is 32.6 Å². The fraction of sp³-hybridized carbons (Fsp3) is 0.0556. The molecule has 20 nitrogen and oxygen atoms in total. The van der Waals surface area contributed by atoms with Gasteiger partial charge in [-0.05, 0) is 83.9 Å². The standard InChI is InChI=1S/2C18H12N4O6S.2K/c2*23-18(24)10-1-4-12(5-2-10)28-15-6-3-11(7-14(15)22(26)27)16-20-13-8-19-9-21(25)17(13)29-16;;/h2*1-9,17,25H,(H,23,24);;/q;;2*+1/p-2. The Hall–Kier alpha value is -4.13. The van der Waals surface area contributed by atoms with E-state index in [4.69, 9.17) is 9.47 Å². The molecule has 0 aromatic heterocycles. The first-order valence-electron chi connectivity index (χ1n) is 16.3. The number of benzene rings is 4. The zero-order valence-electron chi connectivity index (χ0n) is 30.9. The molecule has 292 valence electrons. The van der Waals surface area contributed by atoms with Crippen LogP contribution in [0.3, 0.4) is 0 Å². The van der Waals surface area contributed by atoms with Crippen molar-refractivity contribution in [2.45, 2.75) is 10.7 Å². The summed E-state index contributed by atoms with van der Waals surface area (Å²) in [6.45, 7) is 0. The molecule has 0 aliphatic carbocycles. The van der Waals surface area contributed by atoms with E-state index in [2.05, 4.69) is 20.0 Å². The summed E-state index contributed by atoms with van der Waals surface area (Å²) in [6.07, 6.45) is 5.54. The number of hydrogen-bond donors (Lipinski definition) is 2. The van der Waals surface area contributed by atoms with Gasteiger partial charge in [-0.2, -0.15) is 0 Å². The number of nitrogens with zero attached hydrogens (tertiary/aromatic N) is 8. The number of carbonyl (C=O) groups excluding carboxylic acids is 2. The third-order valence-electron chi connectivity index (χ3n) is 8.12. The molecule has 2 N–H and O–H groups in total. The molecule has 24 heteroatoms. The van der Waals surface area contributed by atoms with Gasteiger partial charge in [-0.1, -0.05) is 23.5 Å². The molecule has 4 aliphatic rings. The van der Waals surface area contributed by atoms with Crippen LogP contribution < -0.4 is 122 Å². The van der Waals surface area contributed by atoms with Crippen LogP contribution in [0.15, 0.2) is 129 Å². The van der Waals surface area contributed by atoms with Gasteiger partial charge >= 0.3 is 114 Å². The van der Waals surface area contributed by atoms with Crippen LogP contribution in [0.25, 0.3) is 0 Å². The number of carboxylic acid groups (broad SMARTS) is 2. The van der Waals surface area contributed by atoms with E-state index in [-0.39, 0.29) is 148 Å².